The van der Waals surface area contributed by atoms with E-state index in [0.29, 0.717) is 18.9 Å². The molecule has 0 saturated carbocycles. The number of piperidine rings is 1. The molecule has 0 bridgehead atoms. The van der Waals surface area contributed by atoms with Gasteiger partial charge in [0.2, 0.25) is 0 Å². The lowest BCUT2D eigenvalue weighted by molar-refractivity contribution is -0.144. The first-order chi connectivity index (χ1) is 7.76. The minimum Gasteiger partial charge on any atom is -0.466 e. The molecule has 0 aliphatic carbocycles. The molecular weight excluding hydrogens is 202 g/mol. The van der Waals surface area contributed by atoms with Gasteiger partial charge in [0.25, 0.3) is 0 Å². The van der Waals surface area contributed by atoms with Crippen molar-refractivity contribution in [2.45, 2.75) is 47.0 Å². The first-order valence-corrected chi connectivity index (χ1v) is 6.64. The topological polar surface area (TPSA) is 29.5 Å². The van der Waals surface area contributed by atoms with E-state index >= 15 is 0 Å². The van der Waals surface area contributed by atoms with Crippen LogP contribution in [0, 0.1) is 5.92 Å². The average Bonchev–Trinajstić information content (AvgIpc) is 2.33. The molecule has 16 heavy (non-hydrogen) atoms. The van der Waals surface area contributed by atoms with Gasteiger partial charge in [-0.25, -0.2) is 0 Å². The van der Waals surface area contributed by atoms with E-state index in [2.05, 4.69) is 11.8 Å². The number of rotatable bonds is 4. The van der Waals surface area contributed by atoms with Crippen molar-refractivity contribution < 1.29 is 9.53 Å². The van der Waals surface area contributed by atoms with Crippen LogP contribution in [0.1, 0.15) is 47.0 Å². The summed E-state index contributed by atoms with van der Waals surface area (Å²) in [5, 5.41) is 0. The van der Waals surface area contributed by atoms with Crippen LogP contribution < -0.4 is 0 Å². The molecule has 1 heterocycles. The highest BCUT2D eigenvalue weighted by Crippen LogP contribution is 2.20. The van der Waals surface area contributed by atoms with Crippen LogP contribution >= 0.6 is 0 Å². The zero-order chi connectivity index (χ0) is 12.4. The molecule has 0 aromatic carbocycles. The molecule has 1 fully saturated rings. The summed E-state index contributed by atoms with van der Waals surface area (Å²) >= 11 is 0. The van der Waals surface area contributed by atoms with Crippen LogP contribution in [0.2, 0.25) is 0 Å². The van der Waals surface area contributed by atoms with Crippen LogP contribution in [-0.4, -0.2) is 37.1 Å². The Balaban J connectivity index is 0.00000106. The monoisotopic (exact) mass is 229 g/mol. The van der Waals surface area contributed by atoms with Crippen LogP contribution in [-0.2, 0) is 9.53 Å². The Bertz CT molecular complexity index is 175. The smallest absolute Gasteiger partial charge is 0.306 e. The Morgan fingerprint density at radius 3 is 2.25 bits per heavy atom. The highest BCUT2D eigenvalue weighted by molar-refractivity contribution is 5.69. The lowest BCUT2D eigenvalue weighted by Gasteiger charge is -2.30. The molecule has 0 radical (unpaired) electrons. The molecule has 0 aromatic rings. The van der Waals surface area contributed by atoms with Gasteiger partial charge in [0, 0.05) is 6.42 Å². The van der Waals surface area contributed by atoms with Gasteiger partial charge in [0.05, 0.1) is 6.61 Å². The first-order valence-electron chi connectivity index (χ1n) is 6.64. The van der Waals surface area contributed by atoms with Gasteiger partial charge in [-0.2, -0.15) is 0 Å². The fourth-order valence-corrected chi connectivity index (χ4v) is 1.96. The maximum atomic E-state index is 11.2. The molecule has 3 nitrogen and oxygen atoms in total. The fraction of sp³-hybridized carbons (Fsp3) is 0.923. The number of carbonyl (C=O) groups is 1. The number of hydrogen-bond acceptors (Lipinski definition) is 3. The molecule has 1 saturated heterocycles. The van der Waals surface area contributed by atoms with Crippen molar-refractivity contribution in [1.82, 2.24) is 4.90 Å². The molecule has 96 valence electrons. The first kappa shape index (κ1) is 15.4. The van der Waals surface area contributed by atoms with Crippen molar-refractivity contribution in [2.24, 2.45) is 5.92 Å². The SMILES string of the molecule is CC.CCOC(=O)CC1CCN(CC)CC1. The molecule has 1 rings (SSSR count). The van der Waals surface area contributed by atoms with Gasteiger partial charge in [0.15, 0.2) is 0 Å². The van der Waals surface area contributed by atoms with E-state index < -0.39 is 0 Å². The van der Waals surface area contributed by atoms with Gasteiger partial charge in [0.1, 0.15) is 0 Å². The van der Waals surface area contributed by atoms with Crippen LogP contribution in [0.5, 0.6) is 0 Å². The number of ether oxygens (including phenoxy) is 1. The minimum absolute atomic E-state index is 0.0255. The van der Waals surface area contributed by atoms with E-state index in [9.17, 15) is 4.79 Å². The van der Waals surface area contributed by atoms with E-state index in [-0.39, 0.29) is 5.97 Å². The molecule has 0 atom stereocenters. The molecule has 0 unspecified atom stereocenters. The van der Waals surface area contributed by atoms with Crippen molar-refractivity contribution >= 4 is 5.97 Å². The lowest BCUT2D eigenvalue weighted by Crippen LogP contribution is -2.34. The summed E-state index contributed by atoms with van der Waals surface area (Å²) in [5.41, 5.74) is 0. The third-order valence-corrected chi connectivity index (χ3v) is 2.92. The van der Waals surface area contributed by atoms with Gasteiger partial charge in [-0.05, 0) is 45.3 Å². The summed E-state index contributed by atoms with van der Waals surface area (Å²) < 4.78 is 4.95. The second-order valence-corrected chi connectivity index (χ2v) is 3.89. The maximum absolute atomic E-state index is 11.2. The molecule has 3 heteroatoms. The third kappa shape index (κ3) is 6.11. The molecular formula is C13H27NO2. The Morgan fingerprint density at radius 1 is 1.25 bits per heavy atom. The maximum Gasteiger partial charge on any atom is 0.306 e. The summed E-state index contributed by atoms with van der Waals surface area (Å²) in [6.45, 7) is 12.0. The summed E-state index contributed by atoms with van der Waals surface area (Å²) in [6.07, 6.45) is 2.91. The van der Waals surface area contributed by atoms with Crippen molar-refractivity contribution in [3.05, 3.63) is 0 Å². The molecule has 1 aliphatic heterocycles. The van der Waals surface area contributed by atoms with Crippen molar-refractivity contribution in [2.75, 3.05) is 26.2 Å². The van der Waals surface area contributed by atoms with Crippen molar-refractivity contribution in [3.63, 3.8) is 0 Å². The van der Waals surface area contributed by atoms with Gasteiger partial charge >= 0.3 is 5.97 Å². The van der Waals surface area contributed by atoms with Gasteiger partial charge in [-0.15, -0.1) is 0 Å². The van der Waals surface area contributed by atoms with E-state index in [4.69, 9.17) is 4.74 Å². The average molecular weight is 229 g/mol. The Morgan fingerprint density at radius 2 is 1.81 bits per heavy atom. The van der Waals surface area contributed by atoms with Crippen LogP contribution in [0.4, 0.5) is 0 Å². The Labute approximate surface area is 100 Å². The second-order valence-electron chi connectivity index (χ2n) is 3.89. The molecule has 0 amide bonds. The predicted molar refractivity (Wildman–Crippen MR) is 67.4 cm³/mol. The Kier molecular flexibility index (Phi) is 9.30. The number of nitrogens with zero attached hydrogens (tertiary/aromatic N) is 1. The predicted octanol–water partition coefficient (Wildman–Crippen LogP) is 2.70. The summed E-state index contributed by atoms with van der Waals surface area (Å²) in [4.78, 5) is 13.7. The quantitative estimate of drug-likeness (QED) is 0.694. The van der Waals surface area contributed by atoms with E-state index in [0.717, 1.165) is 32.5 Å². The summed E-state index contributed by atoms with van der Waals surface area (Å²) in [5.74, 6) is 0.527. The van der Waals surface area contributed by atoms with Gasteiger partial charge in [-0.3, -0.25) is 4.79 Å². The van der Waals surface area contributed by atoms with E-state index in [1.807, 2.05) is 20.8 Å². The van der Waals surface area contributed by atoms with Crippen LogP contribution in [0.15, 0.2) is 0 Å². The standard InChI is InChI=1S/C11H21NO2.C2H6/c1-3-12-7-5-10(6-8-12)9-11(13)14-4-2;1-2/h10H,3-9H2,1-2H3;1-2H3. The number of carbonyl (C=O) groups excluding carboxylic acids is 1. The molecule has 0 spiro atoms. The molecule has 0 N–H and O–H groups in total. The number of hydrogen-bond donors (Lipinski definition) is 0. The van der Waals surface area contributed by atoms with Crippen molar-refractivity contribution in [3.8, 4) is 0 Å². The molecule has 0 aromatic heterocycles. The fourth-order valence-electron chi connectivity index (χ4n) is 1.96. The van der Waals surface area contributed by atoms with Crippen LogP contribution in [0.3, 0.4) is 0 Å². The third-order valence-electron chi connectivity index (χ3n) is 2.92. The van der Waals surface area contributed by atoms with Gasteiger partial charge < -0.3 is 9.64 Å². The highest BCUT2D eigenvalue weighted by atomic mass is 16.5. The Hall–Kier alpha value is -0.570. The van der Waals surface area contributed by atoms with Gasteiger partial charge in [-0.1, -0.05) is 20.8 Å². The van der Waals surface area contributed by atoms with E-state index in [1.165, 1.54) is 0 Å². The molecule has 1 aliphatic rings. The van der Waals surface area contributed by atoms with Crippen molar-refractivity contribution in [1.29, 1.82) is 0 Å². The van der Waals surface area contributed by atoms with Crippen LogP contribution in [0.25, 0.3) is 0 Å². The zero-order valence-electron chi connectivity index (χ0n) is 11.3. The number of likely N-dealkylation sites (tertiary alicyclic amines) is 1. The lowest BCUT2D eigenvalue weighted by atomic mass is 9.94. The highest BCUT2D eigenvalue weighted by Gasteiger charge is 2.20. The summed E-state index contributed by atoms with van der Waals surface area (Å²) in [7, 11) is 0. The normalized spacial score (nSPS) is 17.5. The summed E-state index contributed by atoms with van der Waals surface area (Å²) in [6, 6.07) is 0. The van der Waals surface area contributed by atoms with E-state index in [1.54, 1.807) is 0 Å². The minimum atomic E-state index is -0.0255. The number of esters is 1. The zero-order valence-corrected chi connectivity index (χ0v) is 11.3. The second kappa shape index (κ2) is 9.64. The largest absolute Gasteiger partial charge is 0.466 e.